The van der Waals surface area contributed by atoms with Gasteiger partial charge in [0.05, 0.1) is 23.1 Å². The van der Waals surface area contributed by atoms with E-state index in [0.717, 1.165) is 5.56 Å². The Labute approximate surface area is 291 Å². The number of nitrogens with zero attached hydrogens (tertiary/aromatic N) is 3. The number of carbonyl (C=O) groups excluding carboxylic acids is 4. The van der Waals surface area contributed by atoms with Gasteiger partial charge in [0.2, 0.25) is 11.8 Å². The molecule has 2 atom stereocenters. The molecule has 2 aromatic rings. The summed E-state index contributed by atoms with van der Waals surface area (Å²) in [5, 5.41) is 3.16. The number of hydrogen-bond donors (Lipinski definition) is 1. The summed E-state index contributed by atoms with van der Waals surface area (Å²) < 4.78 is 17.1. The van der Waals surface area contributed by atoms with Crippen molar-refractivity contribution in [2.45, 2.75) is 97.9 Å². The second kappa shape index (κ2) is 14.8. The maximum Gasteiger partial charge on any atom is 0.410 e. The van der Waals surface area contributed by atoms with E-state index in [4.69, 9.17) is 14.2 Å². The van der Waals surface area contributed by atoms with E-state index in [9.17, 15) is 19.2 Å². The zero-order valence-corrected chi connectivity index (χ0v) is 30.8. The molecule has 11 heteroatoms. The minimum absolute atomic E-state index is 0.104. The Hall–Kier alpha value is -4.12. The number of piperidine rings is 1. The number of methoxy groups -OCH3 is 1. The molecule has 4 rings (SSSR count). The average Bonchev–Trinajstić information content (AvgIpc) is 3.02. The van der Waals surface area contributed by atoms with E-state index in [2.05, 4.69) is 5.32 Å². The number of rotatable bonds is 10. The van der Waals surface area contributed by atoms with Gasteiger partial charge in [-0.25, -0.2) is 4.79 Å². The van der Waals surface area contributed by atoms with Crippen LogP contribution in [0.15, 0.2) is 48.5 Å². The molecule has 0 bridgehead atoms. The third-order valence-electron chi connectivity index (χ3n) is 8.87. The first-order valence-corrected chi connectivity index (χ1v) is 17.2. The largest absolute Gasteiger partial charge is 0.476 e. The lowest BCUT2D eigenvalue weighted by atomic mass is 9.86. The number of hydrogen-bond acceptors (Lipinski definition) is 7. The van der Waals surface area contributed by atoms with Crippen LogP contribution in [0.5, 0.6) is 5.75 Å². The zero-order chi connectivity index (χ0) is 36.3. The fraction of sp³-hybridized carbons (Fsp3) is 0.579. The van der Waals surface area contributed by atoms with Crippen molar-refractivity contribution < 1.29 is 33.4 Å². The molecule has 0 spiro atoms. The lowest BCUT2D eigenvalue weighted by Crippen LogP contribution is -2.55. The van der Waals surface area contributed by atoms with Crippen LogP contribution in [0.2, 0.25) is 0 Å². The fourth-order valence-electron chi connectivity index (χ4n) is 6.45. The van der Waals surface area contributed by atoms with Gasteiger partial charge in [-0.15, -0.1) is 0 Å². The Bertz CT molecular complexity index is 1520. The summed E-state index contributed by atoms with van der Waals surface area (Å²) in [6, 6.07) is 14.8. The van der Waals surface area contributed by atoms with Gasteiger partial charge in [-0.1, -0.05) is 30.3 Å². The van der Waals surface area contributed by atoms with E-state index in [1.165, 1.54) is 4.90 Å². The van der Waals surface area contributed by atoms with Crippen LogP contribution in [0.4, 0.5) is 16.2 Å². The molecule has 0 aromatic heterocycles. The molecular formula is C38H54N4O7. The van der Waals surface area contributed by atoms with Crippen molar-refractivity contribution in [3.63, 3.8) is 0 Å². The van der Waals surface area contributed by atoms with Crippen molar-refractivity contribution in [3.8, 4) is 5.75 Å². The number of ether oxygens (including phenoxy) is 3. The molecule has 1 saturated heterocycles. The minimum atomic E-state index is -1.05. The quantitative estimate of drug-likeness (QED) is 0.312. The van der Waals surface area contributed by atoms with Gasteiger partial charge in [0, 0.05) is 45.1 Å². The molecule has 2 aliphatic heterocycles. The lowest BCUT2D eigenvalue weighted by molar-refractivity contribution is -0.133. The third kappa shape index (κ3) is 8.92. The number of anilines is 2. The van der Waals surface area contributed by atoms with Crippen LogP contribution in [0, 0.1) is 11.8 Å². The normalized spacial score (nSPS) is 19.2. The summed E-state index contributed by atoms with van der Waals surface area (Å²) in [4.78, 5) is 60.2. The van der Waals surface area contributed by atoms with E-state index in [-0.39, 0.29) is 43.3 Å². The van der Waals surface area contributed by atoms with Crippen LogP contribution >= 0.6 is 0 Å². The van der Waals surface area contributed by atoms with E-state index in [1.807, 2.05) is 70.2 Å². The first-order valence-electron chi connectivity index (χ1n) is 17.2. The Kier molecular flexibility index (Phi) is 11.4. The van der Waals surface area contributed by atoms with Crippen molar-refractivity contribution in [3.05, 3.63) is 54.1 Å². The number of benzene rings is 2. The number of fused-ring (bicyclic) bond motifs is 1. The van der Waals surface area contributed by atoms with Crippen LogP contribution in [0.25, 0.3) is 0 Å². The van der Waals surface area contributed by atoms with E-state index in [1.54, 1.807) is 57.6 Å². The Balaban J connectivity index is 1.66. The molecule has 0 saturated carbocycles. The highest BCUT2D eigenvalue weighted by molar-refractivity contribution is 6.04. The van der Waals surface area contributed by atoms with Gasteiger partial charge in [-0.05, 0) is 98.9 Å². The summed E-state index contributed by atoms with van der Waals surface area (Å²) in [6.45, 7) is 17.7. The highest BCUT2D eigenvalue weighted by Crippen LogP contribution is 2.41. The van der Waals surface area contributed by atoms with Gasteiger partial charge in [-0.3, -0.25) is 14.4 Å². The number of likely N-dealkylation sites (tertiary alicyclic amines) is 1. The average molecular weight is 679 g/mol. The van der Waals surface area contributed by atoms with E-state index in [0.29, 0.717) is 36.7 Å². The van der Waals surface area contributed by atoms with Crippen molar-refractivity contribution in [1.29, 1.82) is 0 Å². The zero-order valence-electron chi connectivity index (χ0n) is 30.8. The van der Waals surface area contributed by atoms with Gasteiger partial charge >= 0.3 is 6.09 Å². The monoisotopic (exact) mass is 678 g/mol. The van der Waals surface area contributed by atoms with Gasteiger partial charge in [0.25, 0.3) is 5.91 Å². The summed E-state index contributed by atoms with van der Waals surface area (Å²) in [5.41, 5.74) is -0.369. The highest BCUT2D eigenvalue weighted by atomic mass is 16.6. The summed E-state index contributed by atoms with van der Waals surface area (Å²) in [7, 11) is 1.62. The molecule has 2 aromatic carbocycles. The third-order valence-corrected chi connectivity index (χ3v) is 8.87. The maximum absolute atomic E-state index is 14.6. The van der Waals surface area contributed by atoms with E-state index < -0.39 is 34.7 Å². The molecule has 1 fully saturated rings. The molecule has 268 valence electrons. The van der Waals surface area contributed by atoms with Crippen LogP contribution in [0.1, 0.15) is 80.7 Å². The predicted molar refractivity (Wildman–Crippen MR) is 190 cm³/mol. The summed E-state index contributed by atoms with van der Waals surface area (Å²) in [6.07, 6.45) is 0.309. The second-order valence-electron chi connectivity index (χ2n) is 15.4. The first kappa shape index (κ1) is 37.7. The molecule has 0 aliphatic carbocycles. The Morgan fingerprint density at radius 1 is 1.02 bits per heavy atom. The Morgan fingerprint density at radius 2 is 1.67 bits per heavy atom. The van der Waals surface area contributed by atoms with Crippen LogP contribution in [-0.4, -0.2) is 79.3 Å². The van der Waals surface area contributed by atoms with Crippen LogP contribution < -0.4 is 19.9 Å². The molecule has 0 radical (unpaired) electrons. The molecular weight excluding hydrogens is 624 g/mol. The fourth-order valence-corrected chi connectivity index (χ4v) is 6.45. The molecule has 2 aliphatic rings. The maximum atomic E-state index is 14.6. The van der Waals surface area contributed by atoms with Crippen LogP contribution in [0.3, 0.4) is 0 Å². The molecule has 1 N–H and O–H groups in total. The van der Waals surface area contributed by atoms with Crippen molar-refractivity contribution in [2.75, 3.05) is 43.2 Å². The van der Waals surface area contributed by atoms with Crippen LogP contribution in [-0.2, 0) is 29.4 Å². The second-order valence-corrected chi connectivity index (χ2v) is 15.4. The predicted octanol–water partition coefficient (Wildman–Crippen LogP) is 5.89. The molecule has 4 amide bonds. The SMILES string of the molecule is COCCCN1C(=O)C(C)(C)Oc2ccc(N(C(=O)[C@@H]3C[C@H](C(=O)NC(C)(C)c4ccccc4)CN(C(=O)OC(C)(C)C)C3)C(C)C)cc21. The standard InChI is InChI=1S/C38H54N4O7/c1-25(2)42(29-17-18-31-30(22-29)41(19-14-20-47-10)34(45)38(8,9)48-31)33(44)27-21-26(23-40(24-27)35(46)49-36(3,4)5)32(43)39-37(6,7)28-15-12-11-13-16-28/h11-13,15-18,22,25-27H,14,19-21,23-24H2,1-10H3,(H,39,43)/t26-,27+/m0/s1. The smallest absolute Gasteiger partial charge is 0.410 e. The van der Waals surface area contributed by atoms with Gasteiger partial charge in [0.1, 0.15) is 11.4 Å². The van der Waals surface area contributed by atoms with Gasteiger partial charge in [-0.2, -0.15) is 0 Å². The van der Waals surface area contributed by atoms with Gasteiger partial charge in [0.15, 0.2) is 5.60 Å². The number of amides is 4. The minimum Gasteiger partial charge on any atom is -0.476 e. The Morgan fingerprint density at radius 3 is 2.29 bits per heavy atom. The van der Waals surface area contributed by atoms with E-state index >= 15 is 0 Å². The van der Waals surface area contributed by atoms with Crippen molar-refractivity contribution in [1.82, 2.24) is 10.2 Å². The summed E-state index contributed by atoms with van der Waals surface area (Å²) in [5.74, 6) is -1.44. The topological polar surface area (TPSA) is 118 Å². The lowest BCUT2D eigenvalue weighted by Gasteiger charge is -2.41. The van der Waals surface area contributed by atoms with Crippen molar-refractivity contribution in [2.24, 2.45) is 11.8 Å². The first-order chi connectivity index (χ1) is 22.8. The molecule has 49 heavy (non-hydrogen) atoms. The number of carbonyl (C=O) groups is 4. The molecule has 11 nitrogen and oxygen atoms in total. The van der Waals surface area contributed by atoms with Gasteiger partial charge < -0.3 is 34.2 Å². The van der Waals surface area contributed by atoms with Crippen molar-refractivity contribution >= 4 is 35.2 Å². The molecule has 0 unspecified atom stereocenters. The number of nitrogens with one attached hydrogen (secondary N) is 1. The molecule has 2 heterocycles. The summed E-state index contributed by atoms with van der Waals surface area (Å²) >= 11 is 0. The highest BCUT2D eigenvalue weighted by Gasteiger charge is 2.43.